The quantitative estimate of drug-likeness (QED) is 0.807. The molecule has 0 saturated carbocycles. The second-order valence-corrected chi connectivity index (χ2v) is 3.05. The van der Waals surface area contributed by atoms with Gasteiger partial charge in [-0.05, 0) is 17.7 Å². The van der Waals surface area contributed by atoms with Crippen LogP contribution >= 0.6 is 0 Å². The third-order valence-electron chi connectivity index (χ3n) is 2.05. The predicted molar refractivity (Wildman–Crippen MR) is 51.7 cm³/mol. The van der Waals surface area contributed by atoms with Gasteiger partial charge in [0.05, 0.1) is 0 Å². The third kappa shape index (κ3) is 1.60. The number of carboxylic acid groups (broad SMARTS) is 1. The number of aromatic nitrogens is 1. The Morgan fingerprint density at radius 3 is 2.50 bits per heavy atom. The highest BCUT2D eigenvalue weighted by atomic mass is 19.1. The molecule has 5 nitrogen and oxygen atoms in total. The van der Waals surface area contributed by atoms with Gasteiger partial charge in [-0.2, -0.15) is 0 Å². The van der Waals surface area contributed by atoms with E-state index in [1.54, 1.807) is 0 Å². The molecule has 0 spiro atoms. The second kappa shape index (κ2) is 3.65. The Labute approximate surface area is 88.1 Å². The summed E-state index contributed by atoms with van der Waals surface area (Å²) in [7, 11) is 0. The Balaban J connectivity index is 2.63. The van der Waals surface area contributed by atoms with E-state index in [1.165, 1.54) is 12.1 Å². The van der Waals surface area contributed by atoms with Gasteiger partial charge in [0.25, 0.3) is 0 Å². The third-order valence-corrected chi connectivity index (χ3v) is 2.05. The summed E-state index contributed by atoms with van der Waals surface area (Å²) in [5.74, 6) is -1.79. The van der Waals surface area contributed by atoms with E-state index >= 15 is 0 Å². The van der Waals surface area contributed by atoms with Crippen LogP contribution in [0.1, 0.15) is 10.5 Å². The Morgan fingerprint density at radius 1 is 1.31 bits per heavy atom. The number of aromatic carboxylic acids is 1. The molecule has 0 atom stereocenters. The molecule has 1 aromatic heterocycles. The summed E-state index contributed by atoms with van der Waals surface area (Å²) >= 11 is 0. The van der Waals surface area contributed by atoms with Gasteiger partial charge in [0.1, 0.15) is 11.4 Å². The molecule has 1 aromatic carbocycles. The number of rotatable bonds is 2. The number of hydrogen-bond donors (Lipinski definition) is 2. The van der Waals surface area contributed by atoms with Crippen LogP contribution in [0.15, 0.2) is 33.6 Å². The average Bonchev–Trinajstić information content (AvgIpc) is 2.62. The van der Waals surface area contributed by atoms with Crippen LogP contribution in [0.5, 0.6) is 0 Å². The highest BCUT2D eigenvalue weighted by Gasteiger charge is 2.19. The summed E-state index contributed by atoms with van der Waals surface area (Å²) in [6.07, 6.45) is 0. The lowest BCUT2D eigenvalue weighted by Gasteiger charge is -1.96. The van der Waals surface area contributed by atoms with Gasteiger partial charge in [0, 0.05) is 0 Å². The van der Waals surface area contributed by atoms with Gasteiger partial charge < -0.3 is 9.63 Å². The smallest absolute Gasteiger partial charge is 0.365 e. The fourth-order valence-corrected chi connectivity index (χ4v) is 1.33. The Morgan fingerprint density at radius 2 is 1.94 bits per heavy atom. The zero-order chi connectivity index (χ0) is 11.7. The molecule has 0 radical (unpaired) electrons. The van der Waals surface area contributed by atoms with Crippen molar-refractivity contribution < 1.29 is 18.8 Å². The molecule has 0 aliphatic heterocycles. The summed E-state index contributed by atoms with van der Waals surface area (Å²) < 4.78 is 17.0. The number of carboxylic acids is 1. The van der Waals surface area contributed by atoms with Crippen molar-refractivity contribution in [3.05, 3.63) is 46.2 Å². The number of hydrogen-bond acceptors (Lipinski definition) is 3. The van der Waals surface area contributed by atoms with E-state index in [9.17, 15) is 14.0 Å². The van der Waals surface area contributed by atoms with Crippen LogP contribution in [-0.4, -0.2) is 16.2 Å². The van der Waals surface area contributed by atoms with Crippen molar-refractivity contribution in [1.82, 2.24) is 5.16 Å². The van der Waals surface area contributed by atoms with E-state index in [-0.39, 0.29) is 16.8 Å². The highest BCUT2D eigenvalue weighted by Crippen LogP contribution is 2.19. The molecule has 0 saturated heterocycles. The fraction of sp³-hybridized carbons (Fsp3) is 0. The van der Waals surface area contributed by atoms with Gasteiger partial charge in [0.2, 0.25) is 0 Å². The number of benzene rings is 1. The van der Waals surface area contributed by atoms with Crippen LogP contribution in [0, 0.1) is 5.82 Å². The van der Waals surface area contributed by atoms with Crippen LogP contribution in [0.25, 0.3) is 11.1 Å². The number of nitrogens with one attached hydrogen (secondary N) is 1. The summed E-state index contributed by atoms with van der Waals surface area (Å²) in [4.78, 5) is 22.0. The zero-order valence-corrected chi connectivity index (χ0v) is 7.86. The standard InChI is InChI=1S/C10H6FNO4/c11-6-3-1-5(2-4-6)7-8(9(13)14)12-16-10(7)15/h1-4,12H,(H,13,14). The largest absolute Gasteiger partial charge is 0.476 e. The van der Waals surface area contributed by atoms with Crippen LogP contribution < -0.4 is 5.63 Å². The number of halogens is 1. The molecule has 6 heteroatoms. The maximum atomic E-state index is 12.7. The Bertz CT molecular complexity index is 582. The molecule has 2 rings (SSSR count). The van der Waals surface area contributed by atoms with Gasteiger partial charge >= 0.3 is 11.6 Å². The molecule has 0 bridgehead atoms. The van der Waals surface area contributed by atoms with Gasteiger partial charge in [-0.1, -0.05) is 12.1 Å². The lowest BCUT2D eigenvalue weighted by Crippen LogP contribution is -2.03. The Hall–Kier alpha value is -2.37. The van der Waals surface area contributed by atoms with Crippen LogP contribution in [-0.2, 0) is 0 Å². The SMILES string of the molecule is O=C(O)c1[nH]oc(=O)c1-c1ccc(F)cc1. The monoisotopic (exact) mass is 223 g/mol. The first-order valence-corrected chi connectivity index (χ1v) is 4.30. The van der Waals surface area contributed by atoms with E-state index < -0.39 is 17.4 Å². The molecule has 0 amide bonds. The van der Waals surface area contributed by atoms with Gasteiger partial charge in [-0.3, -0.25) is 0 Å². The van der Waals surface area contributed by atoms with E-state index in [4.69, 9.17) is 5.11 Å². The highest BCUT2D eigenvalue weighted by molar-refractivity contribution is 5.93. The van der Waals surface area contributed by atoms with E-state index in [2.05, 4.69) is 4.52 Å². The molecule has 1 heterocycles. The van der Waals surface area contributed by atoms with Crippen molar-refractivity contribution in [3.8, 4) is 11.1 Å². The van der Waals surface area contributed by atoms with Crippen molar-refractivity contribution in [2.24, 2.45) is 0 Å². The van der Waals surface area contributed by atoms with E-state index in [0.717, 1.165) is 12.1 Å². The lowest BCUT2D eigenvalue weighted by molar-refractivity contribution is 0.0686. The first-order chi connectivity index (χ1) is 7.59. The van der Waals surface area contributed by atoms with Crippen LogP contribution in [0.4, 0.5) is 4.39 Å². The lowest BCUT2D eigenvalue weighted by atomic mass is 10.1. The maximum Gasteiger partial charge on any atom is 0.365 e. The summed E-state index contributed by atoms with van der Waals surface area (Å²) in [5, 5.41) is 10.8. The first kappa shape index (κ1) is 10.2. The molecule has 0 aliphatic carbocycles. The van der Waals surface area contributed by atoms with Crippen molar-refractivity contribution in [2.45, 2.75) is 0 Å². The van der Waals surface area contributed by atoms with Crippen LogP contribution in [0.3, 0.4) is 0 Å². The molecular formula is C10H6FNO4. The predicted octanol–water partition coefficient (Wildman–Crippen LogP) is 1.47. The molecule has 2 aromatic rings. The number of H-pyrrole nitrogens is 1. The van der Waals surface area contributed by atoms with E-state index in [0.29, 0.717) is 0 Å². The molecule has 2 N–H and O–H groups in total. The van der Waals surface area contributed by atoms with Crippen molar-refractivity contribution >= 4 is 5.97 Å². The molecule has 0 unspecified atom stereocenters. The van der Waals surface area contributed by atoms with Crippen LogP contribution in [0.2, 0.25) is 0 Å². The average molecular weight is 223 g/mol. The fourth-order valence-electron chi connectivity index (χ4n) is 1.33. The minimum atomic E-state index is -1.31. The summed E-state index contributed by atoms with van der Waals surface area (Å²) in [6.45, 7) is 0. The Kier molecular flexibility index (Phi) is 2.32. The second-order valence-electron chi connectivity index (χ2n) is 3.05. The number of aromatic amines is 1. The maximum absolute atomic E-state index is 12.7. The summed E-state index contributed by atoms with van der Waals surface area (Å²) in [5.41, 5.74) is -0.984. The normalized spacial score (nSPS) is 10.3. The molecule has 0 fully saturated rings. The zero-order valence-electron chi connectivity index (χ0n) is 7.86. The van der Waals surface area contributed by atoms with Crippen molar-refractivity contribution in [3.63, 3.8) is 0 Å². The van der Waals surface area contributed by atoms with Gasteiger partial charge in [-0.25, -0.2) is 19.1 Å². The van der Waals surface area contributed by atoms with Crippen molar-refractivity contribution in [1.29, 1.82) is 0 Å². The van der Waals surface area contributed by atoms with E-state index in [1.807, 2.05) is 5.16 Å². The topological polar surface area (TPSA) is 83.3 Å². The van der Waals surface area contributed by atoms with Gasteiger partial charge in [-0.15, -0.1) is 0 Å². The molecule has 82 valence electrons. The first-order valence-electron chi connectivity index (χ1n) is 4.30. The number of carbonyl (C=O) groups is 1. The minimum Gasteiger partial charge on any atom is -0.476 e. The molecule has 16 heavy (non-hydrogen) atoms. The van der Waals surface area contributed by atoms with Gasteiger partial charge in [0.15, 0.2) is 5.69 Å². The van der Waals surface area contributed by atoms with Crippen molar-refractivity contribution in [2.75, 3.05) is 0 Å². The minimum absolute atomic E-state index is 0.118. The molecule has 0 aliphatic rings. The summed E-state index contributed by atoms with van der Waals surface area (Å²) in [6, 6.07) is 4.88. The molecular weight excluding hydrogens is 217 g/mol.